The van der Waals surface area contributed by atoms with E-state index in [-0.39, 0.29) is 17.9 Å². The maximum atomic E-state index is 12.3. The Kier molecular flexibility index (Phi) is 9.63. The summed E-state index contributed by atoms with van der Waals surface area (Å²) < 4.78 is 10.2. The topological polar surface area (TPSA) is 171 Å². The number of hydrogen-bond acceptors (Lipinski definition) is 9. The first-order valence-electron chi connectivity index (χ1n) is 9.94. The second-order valence-electron chi connectivity index (χ2n) is 6.60. The van der Waals surface area contributed by atoms with Gasteiger partial charge in [-0.1, -0.05) is 12.7 Å². The molecule has 174 valence electrons. The van der Waals surface area contributed by atoms with Crippen molar-refractivity contribution in [3.8, 4) is 11.5 Å². The van der Waals surface area contributed by atoms with Gasteiger partial charge in [0, 0.05) is 25.7 Å². The van der Waals surface area contributed by atoms with Crippen LogP contribution in [-0.4, -0.2) is 79.6 Å². The van der Waals surface area contributed by atoms with Gasteiger partial charge in [-0.05, 0) is 18.6 Å². The molecule has 0 aliphatic carbocycles. The molecule has 32 heavy (non-hydrogen) atoms. The van der Waals surface area contributed by atoms with E-state index in [1.165, 1.54) is 24.3 Å². The van der Waals surface area contributed by atoms with E-state index in [1.54, 1.807) is 0 Å². The molecule has 12 nitrogen and oxygen atoms in total. The van der Waals surface area contributed by atoms with Crippen molar-refractivity contribution in [2.75, 3.05) is 39.4 Å². The van der Waals surface area contributed by atoms with Crippen molar-refractivity contribution < 1.29 is 34.1 Å². The maximum Gasteiger partial charge on any atom is 0.408 e. The number of carbonyl (C=O) groups excluding carboxylic acids is 2. The van der Waals surface area contributed by atoms with Crippen molar-refractivity contribution in [2.45, 2.75) is 12.5 Å². The molecule has 1 aliphatic heterocycles. The van der Waals surface area contributed by atoms with Gasteiger partial charge in [-0.25, -0.2) is 9.59 Å². The summed E-state index contributed by atoms with van der Waals surface area (Å²) in [6.45, 7) is 5.31. The Morgan fingerprint density at radius 1 is 1.34 bits per heavy atom. The summed E-state index contributed by atoms with van der Waals surface area (Å²) in [5.74, 6) is -1.34. The molecule has 1 atom stereocenters. The van der Waals surface area contributed by atoms with Crippen molar-refractivity contribution in [3.05, 3.63) is 36.4 Å². The van der Waals surface area contributed by atoms with Crippen LogP contribution < -0.4 is 26.0 Å². The highest BCUT2D eigenvalue weighted by Gasteiger charge is 2.22. The molecule has 0 saturated carbocycles. The number of aromatic hydroxyl groups is 1. The average molecular weight is 449 g/mol. The monoisotopic (exact) mass is 449 g/mol. The third-order valence-electron chi connectivity index (χ3n) is 4.16. The van der Waals surface area contributed by atoms with Crippen molar-refractivity contribution in [1.82, 2.24) is 21.3 Å². The number of phenols is 1. The van der Waals surface area contributed by atoms with Gasteiger partial charge in [-0.15, -0.1) is 0 Å². The molecule has 0 unspecified atom stereocenters. The van der Waals surface area contributed by atoms with Gasteiger partial charge in [0.15, 0.2) is 5.96 Å². The largest absolute Gasteiger partial charge is 0.507 e. The van der Waals surface area contributed by atoms with Crippen LogP contribution in [0.2, 0.25) is 0 Å². The fourth-order valence-corrected chi connectivity index (χ4v) is 2.59. The smallest absolute Gasteiger partial charge is 0.408 e. The van der Waals surface area contributed by atoms with Crippen molar-refractivity contribution in [3.63, 3.8) is 0 Å². The molecule has 1 aromatic carbocycles. The Hall–Kier alpha value is -3.96. The predicted molar refractivity (Wildman–Crippen MR) is 115 cm³/mol. The number of aliphatic carboxylic acids is 1. The molecular formula is C20H27N5O7. The third-order valence-corrected chi connectivity index (χ3v) is 4.16. The highest BCUT2D eigenvalue weighted by molar-refractivity contribution is 5.97. The quantitative estimate of drug-likeness (QED) is 0.198. The predicted octanol–water partition coefficient (Wildman–Crippen LogP) is -0.195. The standard InChI is InChI=1S/C20H27N5O7/c1-2-9-32-20(30)25-15(18(28)29)12-24-17(27)14-5-4-13(11-16(14)26)31-10-8-23-19-21-6-3-7-22-19/h2,4-5,11,15,26H,1,3,6-10,12H2,(H,24,27)(H,25,30)(H,28,29)(H2,21,22,23)/t15-/m0/s1. The number of guanidine groups is 1. The molecule has 1 aromatic rings. The molecule has 0 spiro atoms. The van der Waals surface area contributed by atoms with Gasteiger partial charge in [0.2, 0.25) is 0 Å². The van der Waals surface area contributed by atoms with E-state index in [1.807, 2.05) is 0 Å². The molecule has 0 radical (unpaired) electrons. The Morgan fingerprint density at radius 2 is 2.16 bits per heavy atom. The number of aliphatic imine (C=N–C) groups is 1. The Labute approximate surface area is 184 Å². The summed E-state index contributed by atoms with van der Waals surface area (Å²) in [5.41, 5.74) is -0.0744. The number of nitrogens with zero attached hydrogens (tertiary/aromatic N) is 1. The molecule has 12 heteroatoms. The number of phenolic OH excluding ortho intramolecular Hbond substituents is 1. The van der Waals surface area contributed by atoms with Gasteiger partial charge in [-0.3, -0.25) is 9.79 Å². The van der Waals surface area contributed by atoms with Crippen LogP contribution in [0.3, 0.4) is 0 Å². The van der Waals surface area contributed by atoms with Crippen LogP contribution in [0.15, 0.2) is 35.8 Å². The van der Waals surface area contributed by atoms with E-state index in [0.717, 1.165) is 25.5 Å². The summed E-state index contributed by atoms with van der Waals surface area (Å²) in [6.07, 6.45) is 1.36. The molecule has 1 heterocycles. The number of amides is 2. The minimum Gasteiger partial charge on any atom is -0.507 e. The SMILES string of the molecule is C=CCOC(=O)N[C@@H](CNC(=O)c1ccc(OCCNC2=NCCCN2)cc1O)C(=O)O. The number of nitrogens with one attached hydrogen (secondary N) is 4. The van der Waals surface area contributed by atoms with Crippen LogP contribution in [0, 0.1) is 0 Å². The zero-order valence-electron chi connectivity index (χ0n) is 17.4. The Balaban J connectivity index is 1.82. The second kappa shape index (κ2) is 12.7. The molecule has 2 rings (SSSR count). The number of hydrogen-bond donors (Lipinski definition) is 6. The van der Waals surface area contributed by atoms with E-state index in [9.17, 15) is 24.6 Å². The van der Waals surface area contributed by atoms with Crippen molar-refractivity contribution in [1.29, 1.82) is 0 Å². The number of carboxylic acids is 1. The zero-order chi connectivity index (χ0) is 23.3. The van der Waals surface area contributed by atoms with E-state index in [2.05, 4.69) is 37.6 Å². The van der Waals surface area contributed by atoms with Crippen LogP contribution in [0.1, 0.15) is 16.8 Å². The lowest BCUT2D eigenvalue weighted by molar-refractivity contribution is -0.139. The van der Waals surface area contributed by atoms with Crippen molar-refractivity contribution >= 4 is 23.9 Å². The van der Waals surface area contributed by atoms with Gasteiger partial charge < -0.3 is 41.0 Å². The first kappa shape index (κ1) is 24.3. The van der Waals surface area contributed by atoms with E-state index >= 15 is 0 Å². The lowest BCUT2D eigenvalue weighted by Gasteiger charge is -2.16. The molecule has 0 saturated heterocycles. The summed E-state index contributed by atoms with van der Waals surface area (Å²) in [7, 11) is 0. The first-order chi connectivity index (χ1) is 15.4. The number of rotatable bonds is 11. The average Bonchev–Trinajstić information content (AvgIpc) is 2.78. The van der Waals surface area contributed by atoms with E-state index < -0.39 is 30.6 Å². The third kappa shape index (κ3) is 8.05. The van der Waals surface area contributed by atoms with Crippen LogP contribution >= 0.6 is 0 Å². The van der Waals surface area contributed by atoms with Gasteiger partial charge in [-0.2, -0.15) is 0 Å². The van der Waals surface area contributed by atoms with Gasteiger partial charge in [0.1, 0.15) is 30.8 Å². The van der Waals surface area contributed by atoms with E-state index in [4.69, 9.17) is 4.74 Å². The molecule has 0 bridgehead atoms. The number of carboxylic acid groups (broad SMARTS) is 1. The van der Waals surface area contributed by atoms with Crippen LogP contribution in [0.4, 0.5) is 4.79 Å². The first-order valence-corrected chi connectivity index (χ1v) is 9.94. The summed E-state index contributed by atoms with van der Waals surface area (Å²) in [6, 6.07) is 2.72. The normalized spacial score (nSPS) is 13.6. The molecule has 2 amide bonds. The number of alkyl carbamates (subject to hydrolysis) is 1. The van der Waals surface area contributed by atoms with Crippen LogP contribution in [0.25, 0.3) is 0 Å². The molecule has 0 aromatic heterocycles. The summed E-state index contributed by atoms with van der Waals surface area (Å²) in [4.78, 5) is 39.3. The number of benzene rings is 1. The minimum absolute atomic E-state index is 0.0744. The maximum absolute atomic E-state index is 12.3. The zero-order valence-corrected chi connectivity index (χ0v) is 17.4. The number of ether oxygens (including phenoxy) is 2. The van der Waals surface area contributed by atoms with Crippen LogP contribution in [-0.2, 0) is 9.53 Å². The summed E-state index contributed by atoms with van der Waals surface area (Å²) >= 11 is 0. The highest BCUT2D eigenvalue weighted by atomic mass is 16.5. The van der Waals surface area contributed by atoms with Gasteiger partial charge in [0.25, 0.3) is 5.91 Å². The van der Waals surface area contributed by atoms with Crippen molar-refractivity contribution in [2.24, 2.45) is 4.99 Å². The fourth-order valence-electron chi connectivity index (χ4n) is 2.59. The minimum atomic E-state index is -1.42. The molecule has 1 aliphatic rings. The summed E-state index contributed by atoms with van der Waals surface area (Å²) in [5, 5.41) is 30.0. The second-order valence-corrected chi connectivity index (χ2v) is 6.60. The fraction of sp³-hybridized carbons (Fsp3) is 0.400. The van der Waals surface area contributed by atoms with Gasteiger partial charge in [0.05, 0.1) is 12.1 Å². The Morgan fingerprint density at radius 3 is 2.81 bits per heavy atom. The lowest BCUT2D eigenvalue weighted by Crippen LogP contribution is -2.48. The number of carbonyl (C=O) groups is 3. The molecular weight excluding hydrogens is 422 g/mol. The van der Waals surface area contributed by atoms with Gasteiger partial charge >= 0.3 is 12.1 Å². The molecule has 6 N–H and O–H groups in total. The van der Waals surface area contributed by atoms with E-state index in [0.29, 0.717) is 18.9 Å². The lowest BCUT2D eigenvalue weighted by atomic mass is 10.1. The van der Waals surface area contributed by atoms with Crippen LogP contribution in [0.5, 0.6) is 11.5 Å². The Bertz CT molecular complexity index is 859. The highest BCUT2D eigenvalue weighted by Crippen LogP contribution is 2.23. The molecule has 0 fully saturated rings.